The molecule has 1 heterocycles. The quantitative estimate of drug-likeness (QED) is 0.253. The van der Waals surface area contributed by atoms with Crippen LogP contribution in [0.25, 0.3) is 0 Å². The van der Waals surface area contributed by atoms with Crippen LogP contribution in [0.15, 0.2) is 78.0 Å². The highest BCUT2D eigenvalue weighted by molar-refractivity contribution is 14.1. The van der Waals surface area contributed by atoms with Crippen LogP contribution in [0.5, 0.6) is 0 Å². The summed E-state index contributed by atoms with van der Waals surface area (Å²) in [5.74, 6) is 0. The molecule has 6 nitrogen and oxygen atoms in total. The minimum Gasteiger partial charge on any atom is -0.314 e. The Hall–Kier alpha value is -1.62. The number of hydrogen-bond acceptors (Lipinski definition) is 4. The molecule has 1 aromatic heterocycles. The summed E-state index contributed by atoms with van der Waals surface area (Å²) in [4.78, 5) is 0. The van der Waals surface area contributed by atoms with Gasteiger partial charge in [-0.3, -0.25) is 8.81 Å². The SMILES string of the molecule is CB(Cc1ccccc1)N(B(C)Cc1ccccc1)S(=O)(=O)c1ccn(C(C)COI)n1. The van der Waals surface area contributed by atoms with Crippen LogP contribution < -0.4 is 0 Å². The molecule has 0 aliphatic heterocycles. The minimum absolute atomic E-state index is 0.0622. The molecule has 2 aromatic carbocycles. The van der Waals surface area contributed by atoms with Crippen molar-refractivity contribution in [3.63, 3.8) is 0 Å². The number of benzene rings is 2. The highest BCUT2D eigenvalue weighted by atomic mass is 127. The van der Waals surface area contributed by atoms with E-state index in [0.717, 1.165) is 11.1 Å². The molecule has 0 saturated heterocycles. The predicted octanol–water partition coefficient (Wildman–Crippen LogP) is 4.61. The van der Waals surface area contributed by atoms with E-state index in [1.165, 1.54) is 0 Å². The van der Waals surface area contributed by atoms with Crippen molar-refractivity contribution < 1.29 is 11.5 Å². The van der Waals surface area contributed by atoms with Gasteiger partial charge in [0.1, 0.15) is 23.0 Å². The van der Waals surface area contributed by atoms with E-state index in [9.17, 15) is 8.42 Å². The average molecular weight is 563 g/mol. The van der Waals surface area contributed by atoms with Crippen LogP contribution >= 0.6 is 23.0 Å². The van der Waals surface area contributed by atoms with Gasteiger partial charge in [0, 0.05) is 6.20 Å². The highest BCUT2D eigenvalue weighted by Crippen LogP contribution is 2.22. The monoisotopic (exact) mass is 563 g/mol. The molecule has 168 valence electrons. The second kappa shape index (κ2) is 11.5. The molecule has 1 atom stereocenters. The maximum atomic E-state index is 13.8. The summed E-state index contributed by atoms with van der Waals surface area (Å²) in [5.41, 5.74) is 2.20. The second-order valence-electron chi connectivity index (χ2n) is 8.17. The fourth-order valence-electron chi connectivity index (χ4n) is 3.98. The normalized spacial score (nSPS) is 12.7. The van der Waals surface area contributed by atoms with Crippen LogP contribution in [0.3, 0.4) is 0 Å². The Morgan fingerprint density at radius 1 is 0.969 bits per heavy atom. The number of rotatable bonds is 11. The van der Waals surface area contributed by atoms with Gasteiger partial charge in [-0.25, -0.2) is 8.42 Å². The van der Waals surface area contributed by atoms with Gasteiger partial charge < -0.3 is 3.07 Å². The van der Waals surface area contributed by atoms with Gasteiger partial charge in [-0.05, 0) is 25.6 Å². The lowest BCUT2D eigenvalue weighted by molar-refractivity contribution is 0.317. The van der Waals surface area contributed by atoms with Crippen molar-refractivity contribution in [2.45, 2.75) is 44.3 Å². The van der Waals surface area contributed by atoms with Crippen molar-refractivity contribution in [1.82, 2.24) is 13.9 Å². The first-order valence-corrected chi connectivity index (χ1v) is 13.0. The molecule has 1 unspecified atom stereocenters. The smallest absolute Gasteiger partial charge is 0.242 e. The van der Waals surface area contributed by atoms with Gasteiger partial charge in [0.05, 0.1) is 12.6 Å². The lowest BCUT2D eigenvalue weighted by atomic mass is 9.48. The molecular formula is C22H28B2IN3O3S. The molecule has 0 amide bonds. The van der Waals surface area contributed by atoms with Crippen molar-refractivity contribution in [2.24, 2.45) is 0 Å². The van der Waals surface area contributed by atoms with Crippen molar-refractivity contribution in [3.05, 3.63) is 84.1 Å². The first kappa shape index (κ1) is 25.0. The molecule has 32 heavy (non-hydrogen) atoms. The van der Waals surface area contributed by atoms with Crippen LogP contribution in [0.1, 0.15) is 24.1 Å². The summed E-state index contributed by atoms with van der Waals surface area (Å²) in [6, 6.07) is 21.5. The van der Waals surface area contributed by atoms with E-state index in [4.69, 9.17) is 3.07 Å². The van der Waals surface area contributed by atoms with Crippen molar-refractivity contribution in [3.8, 4) is 0 Å². The Morgan fingerprint density at radius 2 is 1.47 bits per heavy atom. The van der Waals surface area contributed by atoms with Crippen LogP contribution in [-0.4, -0.2) is 42.6 Å². The molecular weight excluding hydrogens is 535 g/mol. The maximum absolute atomic E-state index is 13.8. The molecule has 0 fully saturated rings. The highest BCUT2D eigenvalue weighted by Gasteiger charge is 2.38. The van der Waals surface area contributed by atoms with E-state index in [0.29, 0.717) is 19.2 Å². The Balaban J connectivity index is 1.92. The molecule has 0 spiro atoms. The second-order valence-corrected chi connectivity index (χ2v) is 10.6. The number of sulfonamides is 1. The van der Waals surface area contributed by atoms with Gasteiger partial charge in [-0.1, -0.05) is 85.4 Å². The van der Waals surface area contributed by atoms with Gasteiger partial charge in [0.15, 0.2) is 5.03 Å². The van der Waals surface area contributed by atoms with E-state index in [-0.39, 0.29) is 24.8 Å². The molecule has 0 aliphatic rings. The largest absolute Gasteiger partial charge is 0.314 e. The minimum atomic E-state index is -3.81. The van der Waals surface area contributed by atoms with E-state index in [2.05, 4.69) is 5.10 Å². The van der Waals surface area contributed by atoms with Crippen LogP contribution in [0.2, 0.25) is 13.6 Å². The Kier molecular flexibility index (Phi) is 8.98. The molecule has 0 N–H and O–H groups in total. The molecule has 3 aromatic rings. The van der Waals surface area contributed by atoms with E-state index >= 15 is 0 Å². The third kappa shape index (κ3) is 6.24. The zero-order valence-corrected chi connectivity index (χ0v) is 21.6. The molecule has 0 radical (unpaired) electrons. The maximum Gasteiger partial charge on any atom is 0.242 e. The molecule has 10 heteroatoms. The fourth-order valence-corrected chi connectivity index (χ4v) is 6.24. The topological polar surface area (TPSA) is 64.4 Å². The molecule has 0 bridgehead atoms. The van der Waals surface area contributed by atoms with Gasteiger partial charge in [-0.2, -0.15) is 5.10 Å². The summed E-state index contributed by atoms with van der Waals surface area (Å²) in [5, 5.41) is 4.47. The summed E-state index contributed by atoms with van der Waals surface area (Å²) in [7, 11) is -3.81. The van der Waals surface area contributed by atoms with Crippen molar-refractivity contribution in [2.75, 3.05) is 6.61 Å². The third-order valence-electron chi connectivity index (χ3n) is 5.50. The summed E-state index contributed by atoms with van der Waals surface area (Å²) < 4.78 is 36.0. The van der Waals surface area contributed by atoms with E-state index in [1.807, 2.05) is 104 Å². The van der Waals surface area contributed by atoms with Crippen LogP contribution in [-0.2, 0) is 25.7 Å². The van der Waals surface area contributed by atoms with Crippen molar-refractivity contribution >= 4 is 46.7 Å². The Labute approximate surface area is 206 Å². The average Bonchev–Trinajstić information content (AvgIpc) is 3.27. The fraction of sp³-hybridized carbons (Fsp3) is 0.318. The summed E-state index contributed by atoms with van der Waals surface area (Å²) in [6.45, 7) is 5.85. The van der Waals surface area contributed by atoms with Crippen molar-refractivity contribution in [1.29, 1.82) is 0 Å². The Morgan fingerprint density at radius 3 is 1.94 bits per heavy atom. The summed E-state index contributed by atoms with van der Waals surface area (Å²) in [6.07, 6.45) is 2.95. The zero-order chi connectivity index (χ0) is 23.1. The standard InChI is InChI=1S/C22H28B2IN3O3S/c1-19(18-31-25)27-15-14-22(26-27)32(29,30)28(23(2)16-20-10-6-4-7-11-20)24(3)17-21-12-8-5-9-13-21/h4-15,19H,16-18H2,1-3H3. The predicted molar refractivity (Wildman–Crippen MR) is 139 cm³/mol. The van der Waals surface area contributed by atoms with E-state index < -0.39 is 10.0 Å². The number of hydrogen-bond donors (Lipinski definition) is 0. The zero-order valence-electron chi connectivity index (χ0n) is 18.6. The number of nitrogens with zero attached hydrogens (tertiary/aromatic N) is 3. The van der Waals surface area contributed by atoms with Gasteiger partial charge in [0.2, 0.25) is 23.7 Å². The van der Waals surface area contributed by atoms with Crippen LogP contribution in [0, 0.1) is 0 Å². The van der Waals surface area contributed by atoms with Gasteiger partial charge >= 0.3 is 0 Å². The molecule has 3 rings (SSSR count). The molecule has 0 saturated carbocycles. The first-order chi connectivity index (χ1) is 15.3. The number of aromatic nitrogens is 2. The lowest BCUT2D eigenvalue weighted by Gasteiger charge is -2.30. The third-order valence-corrected chi connectivity index (χ3v) is 7.88. The van der Waals surface area contributed by atoms with Gasteiger partial charge in [0.25, 0.3) is 0 Å². The Bertz CT molecular complexity index is 1040. The lowest BCUT2D eigenvalue weighted by Crippen LogP contribution is -2.52. The van der Waals surface area contributed by atoms with Crippen LogP contribution in [0.4, 0.5) is 0 Å². The van der Waals surface area contributed by atoms with E-state index in [1.54, 1.807) is 21.1 Å². The van der Waals surface area contributed by atoms with Gasteiger partial charge in [-0.15, -0.1) is 0 Å². The number of halogens is 1. The first-order valence-electron chi connectivity index (χ1n) is 10.7. The summed E-state index contributed by atoms with van der Waals surface area (Å²) >= 11 is 1.83. The molecule has 0 aliphatic carbocycles.